The normalized spacial score (nSPS) is 21.0. The first-order valence-electron chi connectivity index (χ1n) is 7.48. The minimum Gasteiger partial charge on any atom is -0.497 e. The molecule has 0 unspecified atom stereocenters. The number of aliphatic hydroxyl groups excluding tert-OH is 1. The van der Waals surface area contributed by atoms with Gasteiger partial charge in [-0.2, -0.15) is 0 Å². The Hall–Kier alpha value is -1.52. The maximum atomic E-state index is 9.16. The molecule has 1 aromatic rings. The molecule has 0 heterocycles. The lowest BCUT2D eigenvalue weighted by molar-refractivity contribution is 0.237. The Kier molecular flexibility index (Phi) is 5.65. The summed E-state index contributed by atoms with van der Waals surface area (Å²) in [7, 11) is 1.66. The van der Waals surface area contributed by atoms with Gasteiger partial charge in [0.25, 0.3) is 0 Å². The maximum Gasteiger partial charge on any atom is 0.127 e. The van der Waals surface area contributed by atoms with Crippen LogP contribution in [-0.2, 0) is 6.54 Å². The molecule has 1 aliphatic rings. The number of aliphatic hydroxyl groups is 1. The highest BCUT2D eigenvalue weighted by Gasteiger charge is 2.18. The smallest absolute Gasteiger partial charge is 0.127 e. The fourth-order valence-electron chi connectivity index (χ4n) is 2.47. The minimum atomic E-state index is 0.126. The minimum absolute atomic E-state index is 0.126. The van der Waals surface area contributed by atoms with Crippen molar-refractivity contribution < 1.29 is 14.6 Å². The number of hydrogen-bond donors (Lipinski definition) is 2. The van der Waals surface area contributed by atoms with Crippen LogP contribution in [0.5, 0.6) is 11.5 Å². The molecule has 1 aromatic carbocycles. The van der Waals surface area contributed by atoms with Crippen LogP contribution in [0.4, 0.5) is 0 Å². The second-order valence-corrected chi connectivity index (χ2v) is 5.69. The van der Waals surface area contributed by atoms with Crippen LogP contribution < -0.4 is 14.8 Å². The van der Waals surface area contributed by atoms with E-state index >= 15 is 0 Å². The second kappa shape index (κ2) is 7.48. The van der Waals surface area contributed by atoms with Gasteiger partial charge in [0.2, 0.25) is 0 Å². The van der Waals surface area contributed by atoms with Crippen molar-refractivity contribution in [2.75, 3.05) is 13.7 Å². The van der Waals surface area contributed by atoms with Gasteiger partial charge < -0.3 is 19.9 Å². The molecule has 0 amide bonds. The topological polar surface area (TPSA) is 50.7 Å². The predicted molar refractivity (Wildman–Crippen MR) is 83.7 cm³/mol. The Labute approximate surface area is 126 Å². The lowest BCUT2D eigenvalue weighted by atomic mass is 10.1. The fraction of sp³-hybridized carbons (Fsp3) is 0.529. The van der Waals surface area contributed by atoms with Gasteiger partial charge in [-0.3, -0.25) is 0 Å². The molecule has 0 saturated heterocycles. The first-order valence-corrected chi connectivity index (χ1v) is 7.48. The van der Waals surface area contributed by atoms with Gasteiger partial charge in [-0.1, -0.05) is 18.2 Å². The molecule has 0 fully saturated rings. The van der Waals surface area contributed by atoms with Crippen molar-refractivity contribution in [3.8, 4) is 11.5 Å². The molecule has 0 aromatic heterocycles. The first-order chi connectivity index (χ1) is 10.1. The molecule has 0 bridgehead atoms. The second-order valence-electron chi connectivity index (χ2n) is 5.69. The van der Waals surface area contributed by atoms with Gasteiger partial charge in [0.05, 0.1) is 13.2 Å². The summed E-state index contributed by atoms with van der Waals surface area (Å²) >= 11 is 0. The van der Waals surface area contributed by atoms with Crippen LogP contribution in [-0.4, -0.2) is 31.0 Å². The van der Waals surface area contributed by atoms with E-state index in [0.29, 0.717) is 6.04 Å². The molecule has 0 saturated carbocycles. The predicted octanol–water partition coefficient (Wildman–Crippen LogP) is 2.51. The molecule has 0 aliphatic heterocycles. The zero-order valence-electron chi connectivity index (χ0n) is 13.0. The molecule has 2 rings (SSSR count). The molecule has 4 heteroatoms. The summed E-state index contributed by atoms with van der Waals surface area (Å²) in [6.07, 6.45) is 5.29. The number of hydrogen-bond acceptors (Lipinski definition) is 4. The fourth-order valence-corrected chi connectivity index (χ4v) is 2.47. The Morgan fingerprint density at radius 1 is 1.33 bits per heavy atom. The van der Waals surface area contributed by atoms with E-state index in [-0.39, 0.29) is 18.6 Å². The number of rotatable bonds is 7. The molecule has 2 N–H and O–H groups in total. The van der Waals surface area contributed by atoms with E-state index in [1.165, 1.54) is 0 Å². The van der Waals surface area contributed by atoms with Crippen molar-refractivity contribution in [3.63, 3.8) is 0 Å². The Morgan fingerprint density at radius 2 is 2.14 bits per heavy atom. The molecule has 116 valence electrons. The summed E-state index contributed by atoms with van der Waals surface area (Å²) in [6, 6.07) is 6.23. The number of nitrogens with one attached hydrogen (secondary N) is 1. The van der Waals surface area contributed by atoms with Crippen molar-refractivity contribution in [2.24, 2.45) is 5.92 Å². The van der Waals surface area contributed by atoms with Gasteiger partial charge >= 0.3 is 0 Å². The highest BCUT2D eigenvalue weighted by molar-refractivity contribution is 5.41. The van der Waals surface area contributed by atoms with Crippen LogP contribution in [0.25, 0.3) is 0 Å². The largest absolute Gasteiger partial charge is 0.497 e. The average molecular weight is 291 g/mol. The number of ether oxygens (including phenoxy) is 2. The molecule has 4 nitrogen and oxygen atoms in total. The molecule has 2 atom stereocenters. The van der Waals surface area contributed by atoms with Gasteiger partial charge in [-0.15, -0.1) is 0 Å². The zero-order chi connectivity index (χ0) is 15.2. The Morgan fingerprint density at radius 3 is 2.76 bits per heavy atom. The van der Waals surface area contributed by atoms with Crippen molar-refractivity contribution in [1.29, 1.82) is 0 Å². The van der Waals surface area contributed by atoms with Gasteiger partial charge in [-0.25, -0.2) is 0 Å². The van der Waals surface area contributed by atoms with Gasteiger partial charge in [0.15, 0.2) is 0 Å². The SMILES string of the molecule is COc1ccc(CN[C@@H]2C=C[C@H](CO)C2)c(OC(C)C)c1. The van der Waals surface area contributed by atoms with E-state index in [1.54, 1.807) is 7.11 Å². The summed E-state index contributed by atoms with van der Waals surface area (Å²) in [5.41, 5.74) is 1.12. The number of methoxy groups -OCH3 is 1. The highest BCUT2D eigenvalue weighted by Crippen LogP contribution is 2.26. The third-order valence-electron chi connectivity index (χ3n) is 3.60. The lowest BCUT2D eigenvalue weighted by Gasteiger charge is -2.18. The van der Waals surface area contributed by atoms with E-state index in [1.807, 2.05) is 32.0 Å². The van der Waals surface area contributed by atoms with Gasteiger partial charge in [-0.05, 0) is 26.3 Å². The molecule has 1 aliphatic carbocycles. The summed E-state index contributed by atoms with van der Waals surface area (Å²) in [5, 5.41) is 12.7. The zero-order valence-corrected chi connectivity index (χ0v) is 13.0. The number of benzene rings is 1. The van der Waals surface area contributed by atoms with E-state index < -0.39 is 0 Å². The summed E-state index contributed by atoms with van der Waals surface area (Å²) < 4.78 is 11.1. The summed E-state index contributed by atoms with van der Waals surface area (Å²) in [4.78, 5) is 0. The summed E-state index contributed by atoms with van der Waals surface area (Å²) in [5.74, 6) is 1.94. The van der Waals surface area contributed by atoms with Crippen molar-refractivity contribution in [3.05, 3.63) is 35.9 Å². The quantitative estimate of drug-likeness (QED) is 0.758. The van der Waals surface area contributed by atoms with E-state index in [2.05, 4.69) is 17.5 Å². The Balaban J connectivity index is 2.00. The van der Waals surface area contributed by atoms with Crippen molar-refractivity contribution >= 4 is 0 Å². The van der Waals surface area contributed by atoms with E-state index in [0.717, 1.165) is 30.0 Å². The standard InChI is InChI=1S/C17H25NO3/c1-12(2)21-17-9-16(20-3)7-5-14(17)10-18-15-6-4-13(8-15)11-19/h4-7,9,12-13,15,18-19H,8,10-11H2,1-3H3/t13-,15+/m0/s1. The molecular formula is C17H25NO3. The van der Waals surface area contributed by atoms with Crippen molar-refractivity contribution in [2.45, 2.75) is 39.0 Å². The maximum absolute atomic E-state index is 9.16. The molecule has 0 radical (unpaired) electrons. The Bertz CT molecular complexity index is 485. The first kappa shape index (κ1) is 15.9. The van der Waals surface area contributed by atoms with Gasteiger partial charge in [0, 0.05) is 36.7 Å². The molecular weight excluding hydrogens is 266 g/mol. The summed E-state index contributed by atoms with van der Waals surface area (Å²) in [6.45, 7) is 4.99. The van der Waals surface area contributed by atoms with Crippen LogP contribution in [0.15, 0.2) is 30.4 Å². The average Bonchev–Trinajstić information content (AvgIpc) is 2.93. The van der Waals surface area contributed by atoms with Crippen molar-refractivity contribution in [1.82, 2.24) is 5.32 Å². The monoisotopic (exact) mass is 291 g/mol. The van der Waals surface area contributed by atoms with Crippen LogP contribution >= 0.6 is 0 Å². The highest BCUT2D eigenvalue weighted by atomic mass is 16.5. The van der Waals surface area contributed by atoms with Gasteiger partial charge in [0.1, 0.15) is 11.5 Å². The van der Waals surface area contributed by atoms with E-state index in [4.69, 9.17) is 14.6 Å². The van der Waals surface area contributed by atoms with Crippen LogP contribution in [0, 0.1) is 5.92 Å². The third kappa shape index (κ3) is 4.48. The molecule has 0 spiro atoms. The molecule has 21 heavy (non-hydrogen) atoms. The van der Waals surface area contributed by atoms with Crippen LogP contribution in [0.2, 0.25) is 0 Å². The van der Waals surface area contributed by atoms with Crippen LogP contribution in [0.1, 0.15) is 25.8 Å². The van der Waals surface area contributed by atoms with Crippen LogP contribution in [0.3, 0.4) is 0 Å². The lowest BCUT2D eigenvalue weighted by Crippen LogP contribution is -2.26. The van der Waals surface area contributed by atoms with E-state index in [9.17, 15) is 0 Å². The third-order valence-corrected chi connectivity index (χ3v) is 3.60.